The second-order valence-corrected chi connectivity index (χ2v) is 11.1. The van der Waals surface area contributed by atoms with Gasteiger partial charge in [-0.25, -0.2) is 19.9 Å². The van der Waals surface area contributed by atoms with Gasteiger partial charge in [0.05, 0.1) is 47.9 Å². The first-order valence-corrected chi connectivity index (χ1v) is 13.7. The molecule has 2 bridgehead atoms. The van der Waals surface area contributed by atoms with Gasteiger partial charge < -0.3 is 9.47 Å². The fraction of sp³-hybridized carbons (Fsp3) is 0.643. The van der Waals surface area contributed by atoms with E-state index in [1.54, 1.807) is 0 Å². The maximum Gasteiger partial charge on any atom is 0.311 e. The highest BCUT2D eigenvalue weighted by Crippen LogP contribution is 2.74. The fourth-order valence-corrected chi connectivity index (χ4v) is 6.47. The molecule has 3 aromatic rings. The largest absolute Gasteiger partial charge is 0.469 e. The molecule has 2 unspecified atom stereocenters. The molecule has 2 atom stereocenters. The molecule has 0 aromatic carbocycles. The van der Waals surface area contributed by atoms with Crippen LogP contribution in [0.15, 0.2) is 12.4 Å². The average Bonchev–Trinajstić information content (AvgIpc) is 3.60. The van der Waals surface area contributed by atoms with Crippen molar-refractivity contribution in [2.24, 2.45) is 5.41 Å². The predicted octanol–water partition coefficient (Wildman–Crippen LogP) is 4.82. The minimum Gasteiger partial charge on any atom is -0.469 e. The number of esters is 1. The van der Waals surface area contributed by atoms with Gasteiger partial charge in [0, 0.05) is 29.7 Å². The van der Waals surface area contributed by atoms with E-state index in [0.29, 0.717) is 18.3 Å². The molecular formula is C28H36N6O3. The van der Waals surface area contributed by atoms with Crippen LogP contribution in [-0.4, -0.2) is 49.4 Å². The second-order valence-electron chi connectivity index (χ2n) is 11.1. The highest BCUT2D eigenvalue weighted by Gasteiger charge is 2.74. The van der Waals surface area contributed by atoms with Gasteiger partial charge in [-0.3, -0.25) is 9.48 Å². The van der Waals surface area contributed by atoms with Crippen molar-refractivity contribution in [1.29, 1.82) is 0 Å². The summed E-state index contributed by atoms with van der Waals surface area (Å²) in [5.74, 6) is 0.895. The number of hydrogen-bond acceptors (Lipinski definition) is 8. The summed E-state index contributed by atoms with van der Waals surface area (Å²) in [5.41, 5.74) is 4.84. The number of carbonyl (C=O) groups excluding carboxylic acids is 1. The van der Waals surface area contributed by atoms with Crippen LogP contribution >= 0.6 is 0 Å². The van der Waals surface area contributed by atoms with Crippen LogP contribution in [0, 0.1) is 19.3 Å². The molecule has 5 fully saturated rings. The molecule has 0 N–H and O–H groups in total. The van der Waals surface area contributed by atoms with Gasteiger partial charge in [-0.2, -0.15) is 5.10 Å². The van der Waals surface area contributed by atoms with E-state index >= 15 is 0 Å². The third kappa shape index (κ3) is 3.85. The Morgan fingerprint density at radius 1 is 1.05 bits per heavy atom. The van der Waals surface area contributed by atoms with Crippen LogP contribution in [0.25, 0.3) is 11.2 Å². The lowest BCUT2D eigenvalue weighted by Crippen LogP contribution is -2.68. The zero-order valence-electron chi connectivity index (χ0n) is 22.5. The minimum atomic E-state index is -0.342. The summed E-state index contributed by atoms with van der Waals surface area (Å²) in [6.07, 6.45) is 10.5. The Morgan fingerprint density at radius 2 is 1.78 bits per heavy atom. The van der Waals surface area contributed by atoms with Crippen LogP contribution in [0.4, 0.5) is 0 Å². The molecule has 0 spiro atoms. The number of rotatable bonds is 5. The third-order valence-corrected chi connectivity index (χ3v) is 8.67. The van der Waals surface area contributed by atoms with E-state index in [-0.39, 0.29) is 28.8 Å². The van der Waals surface area contributed by atoms with Crippen molar-refractivity contribution in [2.75, 3.05) is 13.7 Å². The zero-order valence-corrected chi connectivity index (χ0v) is 22.5. The van der Waals surface area contributed by atoms with Crippen LogP contribution in [-0.2, 0) is 19.7 Å². The fourth-order valence-electron chi connectivity index (χ4n) is 6.47. The number of carbonyl (C=O) groups is 1. The highest BCUT2D eigenvalue weighted by molar-refractivity contribution is 5.84. The lowest BCUT2D eigenvalue weighted by molar-refractivity contribution is -0.198. The molecule has 37 heavy (non-hydrogen) atoms. The number of ether oxygens (including phenoxy) is 2. The average molecular weight is 505 g/mol. The lowest BCUT2D eigenvalue weighted by Gasteiger charge is -2.68. The minimum absolute atomic E-state index is 0.00706. The van der Waals surface area contributed by atoms with E-state index in [1.165, 1.54) is 20.0 Å². The molecule has 5 aliphatic rings. The molecule has 9 heteroatoms. The summed E-state index contributed by atoms with van der Waals surface area (Å²) in [4.78, 5) is 32.1. The van der Waals surface area contributed by atoms with Crippen molar-refractivity contribution in [3.8, 4) is 0 Å². The number of methoxy groups -OCH3 is 1. The molecule has 0 radical (unpaired) electrons. The standard InChI is InChI=1S/C26H30N6O3.C2H6/c1-14-15(2)29-23-20(28-14)21(25-11-26(12-25,13-25)24(33)34-3)30-22(31-23)16-6-7-35-19(8-16)17-9-27-32(10-17)18-4-5-18;1-2/h9-10,16,18-19H,4-8,11-13H2,1-3H3;1-2H3. The van der Waals surface area contributed by atoms with Gasteiger partial charge >= 0.3 is 5.97 Å². The number of aromatic nitrogens is 6. The summed E-state index contributed by atoms with van der Waals surface area (Å²) in [6, 6.07) is 0.557. The first kappa shape index (κ1) is 24.4. The van der Waals surface area contributed by atoms with Gasteiger partial charge in [0.1, 0.15) is 11.3 Å². The second kappa shape index (κ2) is 8.82. The lowest BCUT2D eigenvalue weighted by atomic mass is 9.34. The summed E-state index contributed by atoms with van der Waals surface area (Å²) in [7, 11) is 1.47. The first-order valence-electron chi connectivity index (χ1n) is 13.7. The van der Waals surface area contributed by atoms with Gasteiger partial charge in [-0.15, -0.1) is 0 Å². The molecule has 4 saturated carbocycles. The number of aryl methyl sites for hydroxylation is 2. The Kier molecular flexibility index (Phi) is 5.82. The SMILES string of the molecule is CC.COC(=O)C12CC(c3nc(C4CCOC(c5cnn(C6CC6)c5)C4)nc4nc(C)c(C)nc34)(C1)C2. The topological polar surface area (TPSA) is 105 Å². The molecule has 8 rings (SSSR count). The predicted molar refractivity (Wildman–Crippen MR) is 137 cm³/mol. The van der Waals surface area contributed by atoms with E-state index in [2.05, 4.69) is 16.0 Å². The summed E-state index contributed by atoms with van der Waals surface area (Å²) < 4.78 is 13.3. The van der Waals surface area contributed by atoms with E-state index in [9.17, 15) is 4.79 Å². The van der Waals surface area contributed by atoms with E-state index in [0.717, 1.165) is 66.1 Å². The van der Waals surface area contributed by atoms with Crippen molar-refractivity contribution in [3.05, 3.63) is 40.9 Å². The van der Waals surface area contributed by atoms with Crippen LogP contribution in [0.1, 0.15) is 105 Å². The summed E-state index contributed by atoms with van der Waals surface area (Å²) in [5, 5.41) is 4.56. The molecule has 1 aliphatic heterocycles. The van der Waals surface area contributed by atoms with Crippen molar-refractivity contribution in [2.45, 2.75) is 96.1 Å². The van der Waals surface area contributed by atoms with E-state index in [4.69, 9.17) is 29.4 Å². The molecule has 4 heterocycles. The van der Waals surface area contributed by atoms with Gasteiger partial charge in [0.15, 0.2) is 5.65 Å². The normalized spacial score (nSPS) is 30.1. The molecule has 9 nitrogen and oxygen atoms in total. The molecular weight excluding hydrogens is 468 g/mol. The van der Waals surface area contributed by atoms with Gasteiger partial charge in [-0.05, 0) is 58.8 Å². The number of hydrogen-bond donors (Lipinski definition) is 0. The molecule has 1 saturated heterocycles. The molecule has 4 aliphatic carbocycles. The van der Waals surface area contributed by atoms with Gasteiger partial charge in [0.2, 0.25) is 0 Å². The third-order valence-electron chi connectivity index (χ3n) is 8.67. The number of fused-ring (bicyclic) bond motifs is 1. The Balaban J connectivity index is 0.00000123. The Labute approximate surface area is 217 Å². The van der Waals surface area contributed by atoms with Crippen LogP contribution in [0.3, 0.4) is 0 Å². The van der Waals surface area contributed by atoms with Crippen molar-refractivity contribution in [1.82, 2.24) is 29.7 Å². The van der Waals surface area contributed by atoms with Crippen LogP contribution in [0.5, 0.6) is 0 Å². The first-order chi connectivity index (χ1) is 17.9. The Morgan fingerprint density at radius 3 is 2.49 bits per heavy atom. The van der Waals surface area contributed by atoms with Crippen LogP contribution in [0.2, 0.25) is 0 Å². The Hall–Kier alpha value is -2.94. The Bertz CT molecular complexity index is 1340. The van der Waals surface area contributed by atoms with Gasteiger partial charge in [0.25, 0.3) is 0 Å². The maximum absolute atomic E-state index is 12.3. The molecule has 3 aromatic heterocycles. The quantitative estimate of drug-likeness (QED) is 0.455. The summed E-state index contributed by atoms with van der Waals surface area (Å²) in [6.45, 7) is 8.61. The molecule has 0 amide bonds. The van der Waals surface area contributed by atoms with Crippen molar-refractivity contribution in [3.63, 3.8) is 0 Å². The van der Waals surface area contributed by atoms with Crippen molar-refractivity contribution < 1.29 is 14.3 Å². The zero-order chi connectivity index (χ0) is 25.9. The van der Waals surface area contributed by atoms with E-state index < -0.39 is 0 Å². The highest BCUT2D eigenvalue weighted by atomic mass is 16.5. The monoisotopic (exact) mass is 504 g/mol. The van der Waals surface area contributed by atoms with E-state index in [1.807, 2.05) is 33.9 Å². The molecule has 196 valence electrons. The van der Waals surface area contributed by atoms with Gasteiger partial charge in [-0.1, -0.05) is 13.8 Å². The smallest absolute Gasteiger partial charge is 0.311 e. The summed E-state index contributed by atoms with van der Waals surface area (Å²) >= 11 is 0. The van der Waals surface area contributed by atoms with Crippen LogP contribution < -0.4 is 0 Å². The maximum atomic E-state index is 12.3. The number of nitrogens with zero attached hydrogens (tertiary/aromatic N) is 6. The van der Waals surface area contributed by atoms with Crippen molar-refractivity contribution >= 4 is 17.1 Å².